The normalized spacial score (nSPS) is 10.1. The van der Waals surface area contributed by atoms with E-state index in [4.69, 9.17) is 4.74 Å². The molecule has 91 valence electrons. The van der Waals surface area contributed by atoms with Crippen LogP contribution in [-0.4, -0.2) is 0 Å². The van der Waals surface area contributed by atoms with Crippen LogP contribution in [0, 0.1) is 6.07 Å². The van der Waals surface area contributed by atoms with Gasteiger partial charge in [-0.25, -0.2) is 0 Å². The van der Waals surface area contributed by atoms with Gasteiger partial charge in [0.15, 0.2) is 0 Å². The first-order valence-corrected chi connectivity index (χ1v) is 6.22. The minimum Gasteiger partial charge on any atom is -0.457 e. The standard InChI is InChI=1S/C18H13O/c1-3-9-15(10-4-1)17-13-7-8-14-18(17)19-16-11-5-2-6-12-16/h1-9,11-14H. The number of ether oxygens (including phenoxy) is 1. The van der Waals surface area contributed by atoms with Crippen molar-refractivity contribution >= 4 is 0 Å². The lowest BCUT2D eigenvalue weighted by Gasteiger charge is -2.10. The summed E-state index contributed by atoms with van der Waals surface area (Å²) in [4.78, 5) is 0. The lowest BCUT2D eigenvalue weighted by molar-refractivity contribution is 0.484. The molecule has 0 heterocycles. The van der Waals surface area contributed by atoms with Crippen LogP contribution in [0.3, 0.4) is 0 Å². The van der Waals surface area contributed by atoms with Crippen molar-refractivity contribution in [3.8, 4) is 22.6 Å². The number of hydrogen-bond acceptors (Lipinski definition) is 1. The molecule has 0 amide bonds. The maximum Gasteiger partial charge on any atom is 0.135 e. The van der Waals surface area contributed by atoms with Crippen LogP contribution in [0.5, 0.6) is 11.5 Å². The maximum absolute atomic E-state index is 5.94. The van der Waals surface area contributed by atoms with E-state index in [0.717, 1.165) is 22.6 Å². The molecule has 0 aliphatic carbocycles. The van der Waals surface area contributed by atoms with Crippen LogP contribution in [0.25, 0.3) is 11.1 Å². The molecule has 0 aromatic heterocycles. The Hall–Kier alpha value is -2.54. The van der Waals surface area contributed by atoms with Gasteiger partial charge in [-0.3, -0.25) is 0 Å². The van der Waals surface area contributed by atoms with Crippen molar-refractivity contribution < 1.29 is 4.74 Å². The molecule has 1 radical (unpaired) electrons. The van der Waals surface area contributed by atoms with Gasteiger partial charge in [0.25, 0.3) is 0 Å². The predicted molar refractivity (Wildman–Crippen MR) is 77.2 cm³/mol. The second kappa shape index (κ2) is 5.40. The first kappa shape index (κ1) is 11.5. The van der Waals surface area contributed by atoms with Crippen molar-refractivity contribution in [3.63, 3.8) is 0 Å². The summed E-state index contributed by atoms with van der Waals surface area (Å²) in [6.07, 6.45) is 0. The predicted octanol–water partition coefficient (Wildman–Crippen LogP) is 4.95. The van der Waals surface area contributed by atoms with Gasteiger partial charge in [0.1, 0.15) is 11.5 Å². The fraction of sp³-hybridized carbons (Fsp3) is 0. The lowest BCUT2D eigenvalue weighted by Crippen LogP contribution is -1.87. The van der Waals surface area contributed by atoms with Crippen LogP contribution in [0.4, 0.5) is 0 Å². The van der Waals surface area contributed by atoms with Crippen LogP contribution in [0.15, 0.2) is 78.9 Å². The molecular formula is C18H13O. The fourth-order valence-electron chi connectivity index (χ4n) is 1.95. The highest BCUT2D eigenvalue weighted by Gasteiger charge is 2.06. The number of hydrogen-bond donors (Lipinski definition) is 0. The average molecular weight is 245 g/mol. The third kappa shape index (κ3) is 2.66. The molecule has 0 saturated carbocycles. The van der Waals surface area contributed by atoms with Crippen molar-refractivity contribution in [1.29, 1.82) is 0 Å². The minimum absolute atomic E-state index is 0.839. The van der Waals surface area contributed by atoms with Crippen LogP contribution >= 0.6 is 0 Å². The lowest BCUT2D eigenvalue weighted by atomic mass is 10.1. The second-order valence-corrected chi connectivity index (χ2v) is 4.19. The van der Waals surface area contributed by atoms with Gasteiger partial charge in [-0.05, 0) is 29.8 Å². The molecule has 0 N–H and O–H groups in total. The highest BCUT2D eigenvalue weighted by atomic mass is 16.5. The summed E-state index contributed by atoms with van der Waals surface area (Å²) in [5, 5.41) is 0. The largest absolute Gasteiger partial charge is 0.457 e. The Morgan fingerprint density at radius 3 is 2.21 bits per heavy atom. The Morgan fingerprint density at radius 1 is 0.684 bits per heavy atom. The number of para-hydroxylation sites is 2. The van der Waals surface area contributed by atoms with Gasteiger partial charge in [-0.1, -0.05) is 60.7 Å². The molecule has 19 heavy (non-hydrogen) atoms. The summed E-state index contributed by atoms with van der Waals surface area (Å²) in [5.74, 6) is 1.68. The van der Waals surface area contributed by atoms with Gasteiger partial charge in [0, 0.05) is 5.56 Å². The second-order valence-electron chi connectivity index (χ2n) is 4.19. The first-order chi connectivity index (χ1) is 9.43. The summed E-state index contributed by atoms with van der Waals surface area (Å²) < 4.78 is 5.94. The Morgan fingerprint density at radius 2 is 1.42 bits per heavy atom. The Labute approximate surface area is 113 Å². The monoisotopic (exact) mass is 245 g/mol. The molecule has 0 unspecified atom stereocenters. The van der Waals surface area contributed by atoms with Gasteiger partial charge in [0.05, 0.1) is 0 Å². The van der Waals surface area contributed by atoms with E-state index in [1.807, 2.05) is 78.9 Å². The molecule has 1 heteroatoms. The van der Waals surface area contributed by atoms with Crippen molar-refractivity contribution in [2.24, 2.45) is 0 Å². The van der Waals surface area contributed by atoms with E-state index in [-0.39, 0.29) is 0 Å². The molecular weight excluding hydrogens is 232 g/mol. The van der Waals surface area contributed by atoms with Crippen molar-refractivity contribution in [3.05, 3.63) is 84.9 Å². The van der Waals surface area contributed by atoms with Crippen molar-refractivity contribution in [1.82, 2.24) is 0 Å². The Balaban J connectivity index is 1.99. The molecule has 3 rings (SSSR count). The zero-order valence-electron chi connectivity index (χ0n) is 10.4. The fourth-order valence-corrected chi connectivity index (χ4v) is 1.95. The molecule has 0 aliphatic heterocycles. The van der Waals surface area contributed by atoms with E-state index >= 15 is 0 Å². The quantitative estimate of drug-likeness (QED) is 0.634. The van der Waals surface area contributed by atoms with E-state index < -0.39 is 0 Å². The Kier molecular flexibility index (Phi) is 3.28. The van der Waals surface area contributed by atoms with Crippen LogP contribution in [0.2, 0.25) is 0 Å². The molecule has 1 nitrogen and oxygen atoms in total. The van der Waals surface area contributed by atoms with Gasteiger partial charge >= 0.3 is 0 Å². The molecule has 0 bridgehead atoms. The Bertz CT molecular complexity index is 645. The van der Waals surface area contributed by atoms with Crippen molar-refractivity contribution in [2.75, 3.05) is 0 Å². The summed E-state index contributed by atoms with van der Waals surface area (Å²) in [5.41, 5.74) is 2.08. The highest BCUT2D eigenvalue weighted by Crippen LogP contribution is 2.32. The summed E-state index contributed by atoms with van der Waals surface area (Å²) >= 11 is 0. The summed E-state index contributed by atoms with van der Waals surface area (Å²) in [7, 11) is 0. The summed E-state index contributed by atoms with van der Waals surface area (Å²) in [6.45, 7) is 0. The molecule has 0 spiro atoms. The van der Waals surface area contributed by atoms with E-state index in [1.54, 1.807) is 0 Å². The van der Waals surface area contributed by atoms with Crippen LogP contribution < -0.4 is 4.74 Å². The number of rotatable bonds is 3. The minimum atomic E-state index is 0.839. The van der Waals surface area contributed by atoms with Crippen LogP contribution in [0.1, 0.15) is 0 Å². The zero-order valence-corrected chi connectivity index (χ0v) is 10.4. The van der Waals surface area contributed by atoms with E-state index in [2.05, 4.69) is 6.07 Å². The van der Waals surface area contributed by atoms with Gasteiger partial charge < -0.3 is 4.74 Å². The third-order valence-corrected chi connectivity index (χ3v) is 2.86. The van der Waals surface area contributed by atoms with E-state index in [0.29, 0.717) is 0 Å². The SMILES string of the molecule is [c]1ccccc1-c1ccccc1Oc1ccccc1. The average Bonchev–Trinajstić information content (AvgIpc) is 2.50. The smallest absolute Gasteiger partial charge is 0.135 e. The molecule has 3 aromatic carbocycles. The molecule has 0 fully saturated rings. The topological polar surface area (TPSA) is 9.23 Å². The highest BCUT2D eigenvalue weighted by molar-refractivity contribution is 5.70. The molecule has 0 aliphatic rings. The molecule has 0 atom stereocenters. The summed E-state index contributed by atoms with van der Waals surface area (Å²) in [6, 6.07) is 29.0. The van der Waals surface area contributed by atoms with Crippen molar-refractivity contribution in [2.45, 2.75) is 0 Å². The number of benzene rings is 3. The van der Waals surface area contributed by atoms with Gasteiger partial charge in [0.2, 0.25) is 0 Å². The zero-order chi connectivity index (χ0) is 12.9. The molecule has 0 saturated heterocycles. The van der Waals surface area contributed by atoms with Crippen LogP contribution in [-0.2, 0) is 0 Å². The van der Waals surface area contributed by atoms with Gasteiger partial charge in [-0.2, -0.15) is 0 Å². The van der Waals surface area contributed by atoms with E-state index in [1.165, 1.54) is 0 Å². The van der Waals surface area contributed by atoms with E-state index in [9.17, 15) is 0 Å². The first-order valence-electron chi connectivity index (χ1n) is 6.22. The molecule has 3 aromatic rings. The maximum atomic E-state index is 5.94. The third-order valence-electron chi connectivity index (χ3n) is 2.86. The van der Waals surface area contributed by atoms with Gasteiger partial charge in [-0.15, -0.1) is 0 Å².